The van der Waals surface area contributed by atoms with E-state index in [4.69, 9.17) is 5.73 Å². The summed E-state index contributed by atoms with van der Waals surface area (Å²) >= 11 is 0. The Morgan fingerprint density at radius 2 is 1.82 bits per heavy atom. The number of aromatic amines is 1. The number of nitrogens with zero attached hydrogens (tertiary/aromatic N) is 3. The number of nitrogens with two attached hydrogens (primary N) is 1. The third-order valence-corrected chi connectivity index (χ3v) is 4.49. The number of anilines is 2. The van der Waals surface area contributed by atoms with Crippen LogP contribution in [0.25, 0.3) is 22.2 Å². The third-order valence-electron chi connectivity index (χ3n) is 4.49. The molecule has 0 amide bonds. The zero-order valence-corrected chi connectivity index (χ0v) is 14.8. The highest BCUT2D eigenvalue weighted by molar-refractivity contribution is 5.83. The second kappa shape index (κ2) is 7.21. The zero-order valence-electron chi connectivity index (χ0n) is 14.8. The summed E-state index contributed by atoms with van der Waals surface area (Å²) in [5, 5.41) is 13.0. The number of nitrogens with one attached hydrogen (secondary N) is 2. The Balaban J connectivity index is 1.84. The van der Waals surface area contributed by atoms with Gasteiger partial charge in [-0.05, 0) is 17.7 Å². The molecule has 0 bridgehead atoms. The van der Waals surface area contributed by atoms with Gasteiger partial charge >= 0.3 is 0 Å². The molecule has 0 saturated heterocycles. The molecule has 2 aromatic carbocycles. The van der Waals surface area contributed by atoms with Crippen molar-refractivity contribution in [3.05, 3.63) is 82.3 Å². The van der Waals surface area contributed by atoms with E-state index in [0.717, 1.165) is 16.8 Å². The molecule has 0 radical (unpaired) electrons. The van der Waals surface area contributed by atoms with E-state index < -0.39 is 0 Å². The maximum atomic E-state index is 13.2. The van der Waals surface area contributed by atoms with Crippen molar-refractivity contribution in [3.63, 3.8) is 0 Å². The first-order chi connectivity index (χ1) is 13.7. The number of H-pyrrole nitrogens is 1. The Morgan fingerprint density at radius 3 is 2.61 bits per heavy atom. The molecule has 0 unspecified atom stereocenters. The fourth-order valence-corrected chi connectivity index (χ4v) is 3.11. The molecular weight excluding hydrogens is 352 g/mol. The van der Waals surface area contributed by atoms with E-state index in [-0.39, 0.29) is 23.4 Å². The minimum Gasteiger partial charge on any atom is -0.382 e. The van der Waals surface area contributed by atoms with Crippen molar-refractivity contribution in [2.24, 2.45) is 0 Å². The number of para-hydroxylation sites is 1. The van der Waals surface area contributed by atoms with E-state index >= 15 is 0 Å². The summed E-state index contributed by atoms with van der Waals surface area (Å²) in [5.41, 5.74) is 8.74. The molecule has 0 aliphatic rings. The first kappa shape index (κ1) is 17.2. The molecule has 7 nitrogen and oxygen atoms in total. The average Bonchev–Trinajstić information content (AvgIpc) is 2.73. The molecule has 4 aromatic rings. The van der Waals surface area contributed by atoms with E-state index in [0.29, 0.717) is 16.8 Å². The van der Waals surface area contributed by atoms with Gasteiger partial charge in [-0.15, -0.1) is 0 Å². The Labute approximate surface area is 160 Å². The normalized spacial score (nSPS) is 10.5. The molecule has 0 atom stereocenters. The van der Waals surface area contributed by atoms with Gasteiger partial charge in [-0.25, -0.2) is 9.97 Å². The molecule has 2 aromatic heterocycles. The van der Waals surface area contributed by atoms with Crippen molar-refractivity contribution in [2.45, 2.75) is 6.54 Å². The second-order valence-electron chi connectivity index (χ2n) is 6.17. The minimum atomic E-state index is -0.0822. The van der Waals surface area contributed by atoms with Crippen molar-refractivity contribution in [1.82, 2.24) is 15.0 Å². The molecule has 0 aliphatic carbocycles. The quantitative estimate of drug-likeness (QED) is 0.509. The van der Waals surface area contributed by atoms with Gasteiger partial charge < -0.3 is 16.0 Å². The monoisotopic (exact) mass is 368 g/mol. The topological polar surface area (TPSA) is 120 Å². The van der Waals surface area contributed by atoms with Crippen LogP contribution in [0.3, 0.4) is 0 Å². The highest BCUT2D eigenvalue weighted by Crippen LogP contribution is 2.24. The Hall–Kier alpha value is -4.18. The average molecular weight is 368 g/mol. The zero-order chi connectivity index (χ0) is 19.5. The van der Waals surface area contributed by atoms with Crippen LogP contribution >= 0.6 is 0 Å². The van der Waals surface area contributed by atoms with Gasteiger partial charge in [0, 0.05) is 23.0 Å². The molecular formula is C21H16N6O. The van der Waals surface area contributed by atoms with Crippen molar-refractivity contribution in [2.75, 3.05) is 11.1 Å². The number of fused-ring (bicyclic) bond motifs is 1. The molecule has 7 heteroatoms. The van der Waals surface area contributed by atoms with Crippen LogP contribution in [-0.2, 0) is 6.54 Å². The summed E-state index contributed by atoms with van der Waals surface area (Å²) in [4.78, 5) is 24.5. The van der Waals surface area contributed by atoms with E-state index in [2.05, 4.69) is 20.3 Å². The lowest BCUT2D eigenvalue weighted by atomic mass is 10.0. The number of benzene rings is 2. The van der Waals surface area contributed by atoms with Crippen LogP contribution in [0, 0.1) is 11.3 Å². The van der Waals surface area contributed by atoms with Crippen LogP contribution in [0.1, 0.15) is 11.1 Å². The molecule has 136 valence electrons. The number of rotatable bonds is 4. The maximum Gasteiger partial charge on any atom is 0.194 e. The summed E-state index contributed by atoms with van der Waals surface area (Å²) in [6.07, 6.45) is 1.28. The highest BCUT2D eigenvalue weighted by atomic mass is 16.1. The fourth-order valence-electron chi connectivity index (χ4n) is 3.11. The molecule has 28 heavy (non-hydrogen) atoms. The van der Waals surface area contributed by atoms with Crippen LogP contribution in [0.5, 0.6) is 0 Å². The van der Waals surface area contributed by atoms with Crippen molar-refractivity contribution in [3.8, 4) is 17.3 Å². The van der Waals surface area contributed by atoms with Gasteiger partial charge in [0.1, 0.15) is 29.6 Å². The van der Waals surface area contributed by atoms with Gasteiger partial charge in [0.25, 0.3) is 0 Å². The highest BCUT2D eigenvalue weighted by Gasteiger charge is 2.15. The molecule has 4 N–H and O–H groups in total. The number of aromatic nitrogens is 3. The van der Waals surface area contributed by atoms with Gasteiger partial charge in [0.05, 0.1) is 5.69 Å². The largest absolute Gasteiger partial charge is 0.382 e. The van der Waals surface area contributed by atoms with Crippen molar-refractivity contribution < 1.29 is 0 Å². The Morgan fingerprint density at radius 1 is 1.07 bits per heavy atom. The van der Waals surface area contributed by atoms with E-state index in [9.17, 15) is 10.1 Å². The van der Waals surface area contributed by atoms with Crippen LogP contribution in [0.4, 0.5) is 11.6 Å². The molecule has 2 heterocycles. The van der Waals surface area contributed by atoms with E-state index in [1.807, 2.05) is 54.6 Å². The predicted octanol–water partition coefficient (Wildman–Crippen LogP) is 3.05. The van der Waals surface area contributed by atoms with Gasteiger partial charge in [-0.1, -0.05) is 42.5 Å². The van der Waals surface area contributed by atoms with E-state index in [1.165, 1.54) is 6.33 Å². The third kappa shape index (κ3) is 3.04. The summed E-state index contributed by atoms with van der Waals surface area (Å²) in [6, 6.07) is 19.0. The second-order valence-corrected chi connectivity index (χ2v) is 6.17. The molecule has 0 aliphatic heterocycles. The number of hydrogen-bond donors (Lipinski definition) is 3. The van der Waals surface area contributed by atoms with E-state index in [1.54, 1.807) is 6.07 Å². The SMILES string of the molecule is N#Cc1c(N)ncnc1NCc1c(-c2ccccc2)[nH]c2ccccc2c1=O. The van der Waals surface area contributed by atoms with Crippen molar-refractivity contribution >= 4 is 22.5 Å². The van der Waals surface area contributed by atoms with Crippen molar-refractivity contribution in [1.29, 1.82) is 5.26 Å². The number of nitrogen functional groups attached to an aromatic ring is 1. The maximum absolute atomic E-state index is 13.2. The summed E-state index contributed by atoms with van der Waals surface area (Å²) in [6.45, 7) is 0.176. The molecule has 0 spiro atoms. The predicted molar refractivity (Wildman–Crippen MR) is 108 cm³/mol. The number of hydrogen-bond acceptors (Lipinski definition) is 6. The van der Waals surface area contributed by atoms with Crippen LogP contribution in [-0.4, -0.2) is 15.0 Å². The molecule has 0 saturated carbocycles. The number of pyridine rings is 1. The smallest absolute Gasteiger partial charge is 0.194 e. The lowest BCUT2D eigenvalue weighted by molar-refractivity contribution is 1.06. The summed E-state index contributed by atoms with van der Waals surface area (Å²) in [7, 11) is 0. The first-order valence-corrected chi connectivity index (χ1v) is 8.63. The minimum absolute atomic E-state index is 0.0822. The summed E-state index contributed by atoms with van der Waals surface area (Å²) < 4.78 is 0. The first-order valence-electron chi connectivity index (χ1n) is 8.63. The van der Waals surface area contributed by atoms with Crippen LogP contribution in [0.15, 0.2) is 65.7 Å². The standard InChI is InChI=1S/C21H16N6O/c22-10-15-20(23)25-12-26-21(15)24-11-16-18(13-6-2-1-3-7-13)27-17-9-5-4-8-14(17)19(16)28/h1-9,12H,11H2,(H,27,28)(H3,23,24,25,26). The lowest BCUT2D eigenvalue weighted by Gasteiger charge is -2.13. The molecule has 4 rings (SSSR count). The number of nitriles is 1. The van der Waals surface area contributed by atoms with Gasteiger partial charge in [-0.3, -0.25) is 4.79 Å². The summed E-state index contributed by atoms with van der Waals surface area (Å²) in [5.74, 6) is 0.386. The van der Waals surface area contributed by atoms with Crippen LogP contribution < -0.4 is 16.5 Å². The Bertz CT molecular complexity index is 1260. The molecule has 0 fully saturated rings. The van der Waals surface area contributed by atoms with Gasteiger partial charge in [0.15, 0.2) is 5.43 Å². The lowest BCUT2D eigenvalue weighted by Crippen LogP contribution is -2.17. The van der Waals surface area contributed by atoms with Crippen LogP contribution in [0.2, 0.25) is 0 Å². The fraction of sp³-hybridized carbons (Fsp3) is 0.0476. The Kier molecular flexibility index (Phi) is 4.44. The van der Waals surface area contributed by atoms with Gasteiger partial charge in [0.2, 0.25) is 0 Å². The van der Waals surface area contributed by atoms with Gasteiger partial charge in [-0.2, -0.15) is 5.26 Å².